The summed E-state index contributed by atoms with van der Waals surface area (Å²) in [6, 6.07) is -1.44. The second-order valence-corrected chi connectivity index (χ2v) is 11.8. The van der Waals surface area contributed by atoms with Crippen molar-refractivity contribution in [3.05, 3.63) is 0 Å². The Labute approximate surface area is 234 Å². The zero-order chi connectivity index (χ0) is 30.0. The minimum atomic E-state index is -1.44. The van der Waals surface area contributed by atoms with E-state index in [1.165, 1.54) is 0 Å². The minimum absolute atomic E-state index is 0.145. The van der Waals surface area contributed by atoms with Crippen molar-refractivity contribution >= 4 is 23.8 Å². The summed E-state index contributed by atoms with van der Waals surface area (Å²) in [5.41, 5.74) is 0. The maximum atomic E-state index is 12.9. The molecule has 0 aliphatic heterocycles. The Morgan fingerprint density at radius 3 is 1.67 bits per heavy atom. The Bertz CT molecular complexity index is 724. The number of carbonyl (C=O) groups excluding carboxylic acids is 3. The van der Waals surface area contributed by atoms with Crippen molar-refractivity contribution < 1.29 is 44.0 Å². The summed E-state index contributed by atoms with van der Waals surface area (Å²) in [6.07, 6.45) is 2.58. The third-order valence-corrected chi connectivity index (χ3v) is 6.32. The molecule has 0 bridgehead atoms. The van der Waals surface area contributed by atoms with E-state index in [0.29, 0.717) is 43.4 Å². The van der Waals surface area contributed by atoms with Crippen molar-refractivity contribution in [2.45, 2.75) is 137 Å². The van der Waals surface area contributed by atoms with Gasteiger partial charge < -0.3 is 30.1 Å². The standard InChI is InChI=1S/C29H53NO9/c1-19(2)9-7-8-10-23(16-26(33)30-25(18-31)29(36)37)38-28(35)17-24(14-12-21(5)6)39-27(34)15-22(32)13-11-20(3)4/h19-25,31-32H,7-18H2,1-6H3,(H,30,33)(H,36,37). The first-order valence-corrected chi connectivity index (χ1v) is 14.4. The molecule has 0 aromatic heterocycles. The number of hydrogen-bond donors (Lipinski definition) is 4. The lowest BCUT2D eigenvalue weighted by Crippen LogP contribution is -2.44. The van der Waals surface area contributed by atoms with Crippen molar-refractivity contribution in [2.75, 3.05) is 6.61 Å². The number of ether oxygens (including phenoxy) is 2. The van der Waals surface area contributed by atoms with Crippen molar-refractivity contribution in [1.29, 1.82) is 0 Å². The van der Waals surface area contributed by atoms with E-state index in [-0.39, 0.29) is 19.3 Å². The monoisotopic (exact) mass is 559 g/mol. The molecule has 4 N–H and O–H groups in total. The number of carboxylic acid groups (broad SMARTS) is 1. The first kappa shape index (κ1) is 36.8. The van der Waals surface area contributed by atoms with Gasteiger partial charge in [0.1, 0.15) is 18.2 Å². The molecular formula is C29H53NO9. The number of esters is 2. The number of carboxylic acids is 1. The molecule has 0 fully saturated rings. The highest BCUT2D eigenvalue weighted by molar-refractivity contribution is 5.84. The summed E-state index contributed by atoms with van der Waals surface area (Å²) >= 11 is 0. The van der Waals surface area contributed by atoms with Gasteiger partial charge in [0.05, 0.1) is 32.0 Å². The highest BCUT2D eigenvalue weighted by Gasteiger charge is 2.26. The highest BCUT2D eigenvalue weighted by atomic mass is 16.6. The van der Waals surface area contributed by atoms with Crippen LogP contribution < -0.4 is 5.32 Å². The molecule has 1 amide bonds. The van der Waals surface area contributed by atoms with Crippen LogP contribution >= 0.6 is 0 Å². The number of carbonyl (C=O) groups is 4. The van der Waals surface area contributed by atoms with Crippen LogP contribution in [-0.2, 0) is 28.7 Å². The van der Waals surface area contributed by atoms with Gasteiger partial charge in [-0.25, -0.2) is 4.79 Å². The van der Waals surface area contributed by atoms with Crippen LogP contribution in [0.15, 0.2) is 0 Å². The largest absolute Gasteiger partial charge is 0.480 e. The van der Waals surface area contributed by atoms with E-state index in [9.17, 15) is 29.4 Å². The molecule has 0 rings (SSSR count). The zero-order valence-corrected chi connectivity index (χ0v) is 24.8. The molecule has 10 heteroatoms. The fourth-order valence-electron chi connectivity index (χ4n) is 3.97. The van der Waals surface area contributed by atoms with Crippen LogP contribution in [0.2, 0.25) is 0 Å². The van der Waals surface area contributed by atoms with Gasteiger partial charge in [0.25, 0.3) is 0 Å². The Kier molecular flexibility index (Phi) is 19.5. The predicted octanol–water partition coefficient (Wildman–Crippen LogP) is 3.99. The smallest absolute Gasteiger partial charge is 0.328 e. The van der Waals surface area contributed by atoms with Gasteiger partial charge in [0.2, 0.25) is 5.91 Å². The van der Waals surface area contributed by atoms with Gasteiger partial charge >= 0.3 is 17.9 Å². The van der Waals surface area contributed by atoms with Gasteiger partial charge in [-0.2, -0.15) is 0 Å². The number of amides is 1. The van der Waals surface area contributed by atoms with E-state index in [1.54, 1.807) is 0 Å². The summed E-state index contributed by atoms with van der Waals surface area (Å²) in [7, 11) is 0. The van der Waals surface area contributed by atoms with E-state index in [2.05, 4.69) is 19.2 Å². The van der Waals surface area contributed by atoms with E-state index in [0.717, 1.165) is 25.7 Å². The molecule has 4 unspecified atom stereocenters. The molecule has 0 aliphatic rings. The molecule has 0 aromatic carbocycles. The van der Waals surface area contributed by atoms with Crippen LogP contribution in [-0.4, -0.2) is 70.1 Å². The lowest BCUT2D eigenvalue weighted by atomic mass is 10.0. The van der Waals surface area contributed by atoms with E-state index >= 15 is 0 Å². The number of nitrogens with one attached hydrogen (secondary N) is 1. The SMILES string of the molecule is CC(C)CCCCC(CC(=O)NC(CO)C(=O)O)OC(=O)CC(CCC(C)C)OC(=O)CC(O)CCC(C)C. The third-order valence-electron chi connectivity index (χ3n) is 6.32. The van der Waals surface area contributed by atoms with Crippen LogP contribution in [0.25, 0.3) is 0 Å². The summed E-state index contributed by atoms with van der Waals surface area (Å²) in [5, 5.41) is 30.7. The van der Waals surface area contributed by atoms with Crippen molar-refractivity contribution in [3.63, 3.8) is 0 Å². The van der Waals surface area contributed by atoms with Crippen molar-refractivity contribution in [2.24, 2.45) is 17.8 Å². The molecule has 0 spiro atoms. The normalized spacial score (nSPS) is 14.6. The van der Waals surface area contributed by atoms with Gasteiger partial charge in [0, 0.05) is 0 Å². The molecule has 228 valence electrons. The van der Waals surface area contributed by atoms with Gasteiger partial charge in [-0.05, 0) is 56.3 Å². The first-order valence-electron chi connectivity index (χ1n) is 14.4. The lowest BCUT2D eigenvalue weighted by Gasteiger charge is -2.22. The molecular weight excluding hydrogens is 506 g/mol. The molecule has 0 saturated carbocycles. The molecule has 0 aliphatic carbocycles. The Hall–Kier alpha value is -2.20. The summed E-state index contributed by atoms with van der Waals surface area (Å²) in [5.74, 6) is -1.95. The number of aliphatic carboxylic acids is 1. The van der Waals surface area contributed by atoms with Gasteiger partial charge in [-0.1, -0.05) is 54.4 Å². The number of unbranched alkanes of at least 4 members (excludes halogenated alkanes) is 1. The quantitative estimate of drug-likeness (QED) is 0.114. The number of hydrogen-bond acceptors (Lipinski definition) is 8. The number of aliphatic hydroxyl groups is 2. The number of rotatable bonds is 22. The third kappa shape index (κ3) is 20.4. The van der Waals surface area contributed by atoms with Crippen LogP contribution in [0.4, 0.5) is 0 Å². The second kappa shape index (κ2) is 20.7. The Morgan fingerprint density at radius 2 is 1.15 bits per heavy atom. The molecule has 0 aromatic rings. The molecule has 0 saturated heterocycles. The van der Waals surface area contributed by atoms with Crippen LogP contribution in [0.1, 0.15) is 112 Å². The minimum Gasteiger partial charge on any atom is -0.480 e. The van der Waals surface area contributed by atoms with E-state index < -0.39 is 54.8 Å². The van der Waals surface area contributed by atoms with Crippen molar-refractivity contribution in [1.82, 2.24) is 5.32 Å². The van der Waals surface area contributed by atoms with Gasteiger partial charge in [0.15, 0.2) is 0 Å². The van der Waals surface area contributed by atoms with Crippen LogP contribution in [0, 0.1) is 17.8 Å². The fourth-order valence-corrected chi connectivity index (χ4v) is 3.97. The Morgan fingerprint density at radius 1 is 0.667 bits per heavy atom. The zero-order valence-electron chi connectivity index (χ0n) is 24.8. The van der Waals surface area contributed by atoms with E-state index in [4.69, 9.17) is 14.6 Å². The molecule has 39 heavy (non-hydrogen) atoms. The fraction of sp³-hybridized carbons (Fsp3) is 0.862. The first-order chi connectivity index (χ1) is 18.2. The maximum Gasteiger partial charge on any atom is 0.328 e. The Balaban J connectivity index is 5.22. The van der Waals surface area contributed by atoms with Gasteiger partial charge in [-0.15, -0.1) is 0 Å². The second-order valence-electron chi connectivity index (χ2n) is 11.8. The van der Waals surface area contributed by atoms with Crippen LogP contribution in [0.3, 0.4) is 0 Å². The average molecular weight is 560 g/mol. The predicted molar refractivity (Wildman–Crippen MR) is 148 cm³/mol. The molecule has 0 heterocycles. The lowest BCUT2D eigenvalue weighted by molar-refractivity contribution is -0.160. The van der Waals surface area contributed by atoms with Crippen LogP contribution in [0.5, 0.6) is 0 Å². The molecule has 0 radical (unpaired) electrons. The van der Waals surface area contributed by atoms with Gasteiger partial charge in [-0.3, -0.25) is 14.4 Å². The topological polar surface area (TPSA) is 159 Å². The average Bonchev–Trinajstić information content (AvgIpc) is 2.81. The summed E-state index contributed by atoms with van der Waals surface area (Å²) in [6.45, 7) is 11.6. The highest BCUT2D eigenvalue weighted by Crippen LogP contribution is 2.19. The maximum absolute atomic E-state index is 12.9. The molecule has 10 nitrogen and oxygen atoms in total. The van der Waals surface area contributed by atoms with Crippen molar-refractivity contribution in [3.8, 4) is 0 Å². The number of aliphatic hydroxyl groups excluding tert-OH is 2. The van der Waals surface area contributed by atoms with E-state index in [1.807, 2.05) is 27.7 Å². The summed E-state index contributed by atoms with van der Waals surface area (Å²) in [4.78, 5) is 48.9. The summed E-state index contributed by atoms with van der Waals surface area (Å²) < 4.78 is 11.2. The molecule has 4 atom stereocenters.